The smallest absolute Gasteiger partial charge is 0.453 e. The van der Waals surface area contributed by atoms with Crippen LogP contribution >= 0.6 is 11.6 Å². The summed E-state index contributed by atoms with van der Waals surface area (Å²) < 4.78 is 48.3. The number of para-hydroxylation sites is 2. The number of nitrogens with zero attached hydrogens (tertiary/aromatic N) is 1. The molecule has 1 heterocycles. The zero-order valence-corrected chi connectivity index (χ0v) is 18.3. The number of hydrogen-bond donors (Lipinski definition) is 1. The van der Waals surface area contributed by atoms with E-state index in [0.29, 0.717) is 16.3 Å². The third-order valence-corrected chi connectivity index (χ3v) is 5.51. The lowest BCUT2D eigenvalue weighted by molar-refractivity contribution is -0.275. The van der Waals surface area contributed by atoms with E-state index in [-0.39, 0.29) is 41.9 Å². The number of alkyl halides is 3. The summed E-state index contributed by atoms with van der Waals surface area (Å²) in [4.78, 5) is 25.8. The normalized spacial score (nSPS) is 15.9. The first kappa shape index (κ1) is 23.4. The van der Waals surface area contributed by atoms with E-state index in [1.54, 1.807) is 30.3 Å². The maximum atomic E-state index is 12.8. The van der Waals surface area contributed by atoms with Crippen LogP contribution in [0.4, 0.5) is 18.9 Å². The molecule has 0 spiro atoms. The average molecular weight is 491 g/mol. The van der Waals surface area contributed by atoms with Crippen molar-refractivity contribution in [2.45, 2.75) is 18.7 Å². The maximum absolute atomic E-state index is 12.8. The number of halogens is 4. The Morgan fingerprint density at radius 1 is 1.00 bits per heavy atom. The molecule has 1 atom stereocenters. The summed E-state index contributed by atoms with van der Waals surface area (Å²) in [6, 6.07) is 16.5. The van der Waals surface area contributed by atoms with E-state index < -0.39 is 18.0 Å². The standard InChI is InChI=1S/C24H18ClF3N2O4/c25-16-8-9-18(21(12-16)33-19-6-1-2-7-20(19)34-24(26,27)28)15-11-22(31)30(13-15)17-5-3-4-14(10-17)23(29)32/h1-10,12,15H,11,13H2,(H2,29,32). The number of anilines is 1. The van der Waals surface area contributed by atoms with E-state index in [1.807, 2.05) is 0 Å². The molecule has 2 N–H and O–H groups in total. The van der Waals surface area contributed by atoms with Gasteiger partial charge in [-0.05, 0) is 42.5 Å². The van der Waals surface area contributed by atoms with Gasteiger partial charge in [-0.2, -0.15) is 0 Å². The minimum atomic E-state index is -4.89. The number of ether oxygens (including phenoxy) is 2. The van der Waals surface area contributed by atoms with Crippen molar-refractivity contribution in [1.29, 1.82) is 0 Å². The molecule has 3 aromatic rings. The van der Waals surface area contributed by atoms with Gasteiger partial charge in [-0.15, -0.1) is 13.2 Å². The SMILES string of the molecule is NC(=O)c1cccc(N2CC(c3ccc(Cl)cc3Oc3ccccc3OC(F)(F)F)CC2=O)c1. The van der Waals surface area contributed by atoms with Crippen molar-refractivity contribution < 1.29 is 32.2 Å². The van der Waals surface area contributed by atoms with Gasteiger partial charge >= 0.3 is 6.36 Å². The molecule has 1 unspecified atom stereocenters. The van der Waals surface area contributed by atoms with Gasteiger partial charge in [0.2, 0.25) is 11.8 Å². The molecule has 1 saturated heterocycles. The van der Waals surface area contributed by atoms with Crippen molar-refractivity contribution in [3.63, 3.8) is 0 Å². The Morgan fingerprint density at radius 3 is 2.44 bits per heavy atom. The second kappa shape index (κ2) is 9.26. The summed E-state index contributed by atoms with van der Waals surface area (Å²) in [5.41, 5.74) is 6.72. The molecule has 0 aromatic heterocycles. The first-order valence-corrected chi connectivity index (χ1v) is 10.5. The van der Waals surface area contributed by atoms with Gasteiger partial charge in [0, 0.05) is 40.7 Å². The molecule has 2 amide bonds. The van der Waals surface area contributed by atoms with E-state index in [2.05, 4.69) is 4.74 Å². The number of hydrogen-bond acceptors (Lipinski definition) is 4. The van der Waals surface area contributed by atoms with Crippen molar-refractivity contribution in [3.8, 4) is 17.2 Å². The number of amides is 2. The molecule has 0 saturated carbocycles. The Balaban J connectivity index is 1.63. The highest BCUT2D eigenvalue weighted by atomic mass is 35.5. The Bertz CT molecular complexity index is 1250. The van der Waals surface area contributed by atoms with Gasteiger partial charge in [0.25, 0.3) is 0 Å². The fraction of sp³-hybridized carbons (Fsp3) is 0.167. The molecule has 0 aliphatic carbocycles. The molecule has 34 heavy (non-hydrogen) atoms. The summed E-state index contributed by atoms with van der Waals surface area (Å²) in [5, 5.41) is 0.309. The first-order chi connectivity index (χ1) is 16.1. The zero-order chi connectivity index (χ0) is 24.5. The molecule has 6 nitrogen and oxygen atoms in total. The number of carbonyl (C=O) groups excluding carboxylic acids is 2. The highest BCUT2D eigenvalue weighted by molar-refractivity contribution is 6.30. The van der Waals surface area contributed by atoms with Crippen molar-refractivity contribution in [2.24, 2.45) is 5.73 Å². The molecule has 1 aliphatic rings. The van der Waals surface area contributed by atoms with Crippen LogP contribution in [0.2, 0.25) is 5.02 Å². The summed E-state index contributed by atoms with van der Waals surface area (Å²) in [5.74, 6) is -1.59. The second-order valence-electron chi connectivity index (χ2n) is 7.60. The number of nitrogens with two attached hydrogens (primary N) is 1. The zero-order valence-electron chi connectivity index (χ0n) is 17.5. The van der Waals surface area contributed by atoms with Crippen LogP contribution in [0, 0.1) is 0 Å². The maximum Gasteiger partial charge on any atom is 0.573 e. The van der Waals surface area contributed by atoms with E-state index in [4.69, 9.17) is 22.1 Å². The molecule has 4 rings (SSSR count). The molecule has 10 heteroatoms. The molecule has 1 aliphatic heterocycles. The fourth-order valence-corrected chi connectivity index (χ4v) is 3.95. The predicted octanol–water partition coefficient (Wildman–Crippen LogP) is 5.65. The van der Waals surface area contributed by atoms with Crippen molar-refractivity contribution in [3.05, 3.63) is 82.9 Å². The Kier molecular flexibility index (Phi) is 6.39. The minimum Gasteiger partial charge on any atom is -0.453 e. The van der Waals surface area contributed by atoms with Crippen LogP contribution < -0.4 is 20.1 Å². The van der Waals surface area contributed by atoms with Crippen LogP contribution in [0.3, 0.4) is 0 Å². The van der Waals surface area contributed by atoms with E-state index in [1.165, 1.54) is 35.2 Å². The topological polar surface area (TPSA) is 81.9 Å². The highest BCUT2D eigenvalue weighted by Gasteiger charge is 2.35. The van der Waals surface area contributed by atoms with E-state index >= 15 is 0 Å². The number of benzene rings is 3. The van der Waals surface area contributed by atoms with E-state index in [0.717, 1.165) is 6.07 Å². The lowest BCUT2D eigenvalue weighted by Gasteiger charge is -2.20. The van der Waals surface area contributed by atoms with Gasteiger partial charge in [-0.1, -0.05) is 35.9 Å². The van der Waals surface area contributed by atoms with Crippen molar-refractivity contribution >= 4 is 29.1 Å². The van der Waals surface area contributed by atoms with Crippen molar-refractivity contribution in [2.75, 3.05) is 11.4 Å². The third kappa shape index (κ3) is 5.26. The summed E-state index contributed by atoms with van der Waals surface area (Å²) in [7, 11) is 0. The second-order valence-corrected chi connectivity index (χ2v) is 8.04. The molecule has 1 fully saturated rings. The van der Waals surface area contributed by atoms with Gasteiger partial charge < -0.3 is 20.1 Å². The average Bonchev–Trinajstić information content (AvgIpc) is 3.15. The van der Waals surface area contributed by atoms with Crippen molar-refractivity contribution in [1.82, 2.24) is 0 Å². The molecular formula is C24H18ClF3N2O4. The van der Waals surface area contributed by atoms with Crippen LogP contribution in [0.5, 0.6) is 17.2 Å². The molecule has 176 valence electrons. The lowest BCUT2D eigenvalue weighted by Crippen LogP contribution is -2.24. The number of carbonyl (C=O) groups is 2. The van der Waals surface area contributed by atoms with Crippen LogP contribution in [-0.4, -0.2) is 24.7 Å². The van der Waals surface area contributed by atoms with Gasteiger partial charge in [0.05, 0.1) is 0 Å². The van der Waals surface area contributed by atoms with Gasteiger partial charge in [0.1, 0.15) is 5.75 Å². The summed E-state index contributed by atoms with van der Waals surface area (Å²) in [6.45, 7) is 0.264. The van der Waals surface area contributed by atoms with Gasteiger partial charge in [-0.25, -0.2) is 0 Å². The summed E-state index contributed by atoms with van der Waals surface area (Å²) in [6.07, 6.45) is -4.77. The Morgan fingerprint density at radius 2 is 1.74 bits per heavy atom. The minimum absolute atomic E-state index is 0.124. The third-order valence-electron chi connectivity index (χ3n) is 5.28. The largest absolute Gasteiger partial charge is 0.573 e. The Hall–Kier alpha value is -3.72. The number of primary amides is 1. The van der Waals surface area contributed by atoms with Crippen LogP contribution in [0.1, 0.15) is 28.3 Å². The predicted molar refractivity (Wildman–Crippen MR) is 119 cm³/mol. The van der Waals surface area contributed by atoms with Crippen LogP contribution in [0.15, 0.2) is 66.7 Å². The van der Waals surface area contributed by atoms with Gasteiger partial charge in [-0.3, -0.25) is 9.59 Å². The fourth-order valence-electron chi connectivity index (χ4n) is 3.79. The monoisotopic (exact) mass is 490 g/mol. The lowest BCUT2D eigenvalue weighted by atomic mass is 9.97. The molecule has 0 radical (unpaired) electrons. The van der Waals surface area contributed by atoms with Crippen LogP contribution in [-0.2, 0) is 4.79 Å². The molecular weight excluding hydrogens is 473 g/mol. The quantitative estimate of drug-likeness (QED) is 0.484. The Labute approximate surface area is 197 Å². The summed E-state index contributed by atoms with van der Waals surface area (Å²) >= 11 is 6.12. The first-order valence-electron chi connectivity index (χ1n) is 10.1. The molecule has 0 bridgehead atoms. The van der Waals surface area contributed by atoms with Gasteiger partial charge in [0.15, 0.2) is 11.5 Å². The van der Waals surface area contributed by atoms with Crippen LogP contribution in [0.25, 0.3) is 0 Å². The molecule has 3 aromatic carbocycles. The highest BCUT2D eigenvalue weighted by Crippen LogP contribution is 2.42. The number of rotatable bonds is 6. The van der Waals surface area contributed by atoms with E-state index in [9.17, 15) is 22.8 Å².